The summed E-state index contributed by atoms with van der Waals surface area (Å²) in [6, 6.07) is 4.65. The number of nitrogens with one attached hydrogen (secondary N) is 1. The number of ether oxygens (including phenoxy) is 1. The molecule has 0 fully saturated rings. The summed E-state index contributed by atoms with van der Waals surface area (Å²) in [5.74, 6) is -2.65. The zero-order valence-electron chi connectivity index (χ0n) is 10.1. The number of rotatable bonds is 4. The highest BCUT2D eigenvalue weighted by Gasteiger charge is 2.24. The Balaban J connectivity index is 2.73. The zero-order chi connectivity index (χ0) is 14.4. The van der Waals surface area contributed by atoms with Gasteiger partial charge in [0.05, 0.1) is 0 Å². The number of thiol groups is 1. The number of para-hydroxylation sites is 1. The molecule has 1 aromatic carbocycles. The van der Waals surface area contributed by atoms with E-state index < -0.39 is 23.9 Å². The van der Waals surface area contributed by atoms with Crippen LogP contribution in [0.4, 0.5) is 0 Å². The number of aromatic hydroxyl groups is 1. The largest absolute Gasteiger partial charge is 0.507 e. The first-order chi connectivity index (χ1) is 8.95. The summed E-state index contributed by atoms with van der Waals surface area (Å²) < 4.78 is 4.57. The van der Waals surface area contributed by atoms with Crippen LogP contribution in [-0.2, 0) is 14.3 Å². The molecule has 0 radical (unpaired) electrons. The van der Waals surface area contributed by atoms with Gasteiger partial charge in [-0.15, -0.1) is 0 Å². The van der Waals surface area contributed by atoms with Gasteiger partial charge in [-0.2, -0.15) is 12.6 Å². The van der Waals surface area contributed by atoms with Crippen LogP contribution in [0.2, 0.25) is 0 Å². The second-order valence-electron chi connectivity index (χ2n) is 3.66. The average molecular weight is 283 g/mol. The van der Waals surface area contributed by atoms with E-state index in [4.69, 9.17) is 0 Å². The lowest BCUT2D eigenvalue weighted by Gasteiger charge is -2.13. The van der Waals surface area contributed by atoms with Crippen molar-refractivity contribution in [1.29, 1.82) is 0 Å². The Morgan fingerprint density at radius 3 is 2.53 bits per heavy atom. The quantitative estimate of drug-likeness (QED) is 0.425. The van der Waals surface area contributed by atoms with E-state index in [1.807, 2.05) is 0 Å². The molecule has 19 heavy (non-hydrogen) atoms. The molecular formula is C12H13NO5S. The number of phenols is 1. The summed E-state index contributed by atoms with van der Waals surface area (Å²) >= 11 is 3.88. The maximum Gasteiger partial charge on any atom is 0.349 e. The molecule has 2 N–H and O–H groups in total. The first-order valence-corrected chi connectivity index (χ1v) is 6.01. The normalized spacial score (nSPS) is 11.5. The topological polar surface area (TPSA) is 92.7 Å². The second kappa shape index (κ2) is 6.79. The third kappa shape index (κ3) is 4.29. The third-order valence-electron chi connectivity index (χ3n) is 2.16. The molecule has 0 aliphatic heterocycles. The summed E-state index contributed by atoms with van der Waals surface area (Å²) in [6.07, 6.45) is 0. The molecule has 1 amide bonds. The Labute approximate surface area is 115 Å². The van der Waals surface area contributed by atoms with Crippen LogP contribution in [0, 0.1) is 0 Å². The van der Waals surface area contributed by atoms with Crippen molar-refractivity contribution in [1.82, 2.24) is 5.32 Å². The first kappa shape index (κ1) is 15.0. The van der Waals surface area contributed by atoms with E-state index >= 15 is 0 Å². The van der Waals surface area contributed by atoms with Crippen LogP contribution >= 0.6 is 12.6 Å². The molecule has 102 valence electrons. The number of hydrogen-bond acceptors (Lipinski definition) is 6. The fraction of sp³-hybridized carbons (Fsp3) is 0.250. The van der Waals surface area contributed by atoms with Gasteiger partial charge in [-0.25, -0.2) is 9.59 Å². The molecule has 0 saturated heterocycles. The molecular weight excluding hydrogens is 270 g/mol. The number of esters is 2. The lowest BCUT2D eigenvalue weighted by molar-refractivity contribution is -0.141. The maximum absolute atomic E-state index is 11.6. The van der Waals surface area contributed by atoms with Crippen LogP contribution in [0.15, 0.2) is 24.3 Å². The van der Waals surface area contributed by atoms with Gasteiger partial charge in [-0.05, 0) is 12.1 Å². The highest BCUT2D eigenvalue weighted by molar-refractivity contribution is 7.80. The SMILES string of the molecule is CC(=O)NC(CS)C(=O)OC(=O)c1ccccc1O. The maximum atomic E-state index is 11.6. The molecule has 0 bridgehead atoms. The Kier molecular flexibility index (Phi) is 5.37. The lowest BCUT2D eigenvalue weighted by Crippen LogP contribution is -2.42. The smallest absolute Gasteiger partial charge is 0.349 e. The van der Waals surface area contributed by atoms with Crippen molar-refractivity contribution >= 4 is 30.5 Å². The average Bonchev–Trinajstić information content (AvgIpc) is 2.35. The molecule has 0 aliphatic rings. The van der Waals surface area contributed by atoms with Crippen molar-refractivity contribution in [2.75, 3.05) is 5.75 Å². The van der Waals surface area contributed by atoms with Gasteiger partial charge in [0.2, 0.25) is 5.91 Å². The zero-order valence-corrected chi connectivity index (χ0v) is 11.0. The Bertz CT molecular complexity index is 503. The number of benzene rings is 1. The van der Waals surface area contributed by atoms with Gasteiger partial charge in [0.1, 0.15) is 17.4 Å². The van der Waals surface area contributed by atoms with E-state index in [1.165, 1.54) is 31.2 Å². The van der Waals surface area contributed by atoms with Crippen LogP contribution in [0.3, 0.4) is 0 Å². The van der Waals surface area contributed by atoms with Crippen molar-refractivity contribution in [3.05, 3.63) is 29.8 Å². The molecule has 0 aliphatic carbocycles. The Hall–Kier alpha value is -2.02. The highest BCUT2D eigenvalue weighted by atomic mass is 32.1. The van der Waals surface area contributed by atoms with E-state index in [1.54, 1.807) is 0 Å². The van der Waals surface area contributed by atoms with Crippen molar-refractivity contribution < 1.29 is 24.2 Å². The minimum Gasteiger partial charge on any atom is -0.507 e. The van der Waals surface area contributed by atoms with Gasteiger partial charge in [-0.3, -0.25) is 4.79 Å². The predicted molar refractivity (Wildman–Crippen MR) is 70.0 cm³/mol. The summed E-state index contributed by atoms with van der Waals surface area (Å²) in [5.41, 5.74) is -0.128. The van der Waals surface area contributed by atoms with Crippen LogP contribution in [0.25, 0.3) is 0 Å². The van der Waals surface area contributed by atoms with E-state index in [9.17, 15) is 19.5 Å². The first-order valence-electron chi connectivity index (χ1n) is 5.37. The summed E-state index contributed by atoms with van der Waals surface area (Å²) in [7, 11) is 0. The number of carbonyl (C=O) groups is 3. The van der Waals surface area contributed by atoms with Crippen molar-refractivity contribution in [2.45, 2.75) is 13.0 Å². The van der Waals surface area contributed by atoms with Gasteiger partial charge in [-0.1, -0.05) is 12.1 Å². The van der Waals surface area contributed by atoms with Crippen molar-refractivity contribution in [2.24, 2.45) is 0 Å². The molecule has 0 heterocycles. The molecule has 0 spiro atoms. The van der Waals surface area contributed by atoms with Gasteiger partial charge in [0.25, 0.3) is 0 Å². The highest BCUT2D eigenvalue weighted by Crippen LogP contribution is 2.16. The molecule has 0 saturated carbocycles. The van der Waals surface area contributed by atoms with Gasteiger partial charge < -0.3 is 15.2 Å². The standard InChI is InChI=1S/C12H13NO5S/c1-7(14)13-9(6-19)12(17)18-11(16)8-4-2-3-5-10(8)15/h2-5,9,15,19H,6H2,1H3,(H,13,14). The van der Waals surface area contributed by atoms with E-state index in [2.05, 4.69) is 22.7 Å². The Morgan fingerprint density at radius 1 is 1.37 bits per heavy atom. The minimum atomic E-state index is -1.02. The molecule has 1 aromatic rings. The number of amides is 1. The lowest BCUT2D eigenvalue weighted by atomic mass is 10.2. The molecule has 6 nitrogen and oxygen atoms in total. The van der Waals surface area contributed by atoms with E-state index in [0.29, 0.717) is 0 Å². The van der Waals surface area contributed by atoms with E-state index in [-0.39, 0.29) is 17.1 Å². The van der Waals surface area contributed by atoms with Crippen LogP contribution in [0.5, 0.6) is 5.75 Å². The number of hydrogen-bond donors (Lipinski definition) is 3. The van der Waals surface area contributed by atoms with Crippen molar-refractivity contribution in [3.8, 4) is 5.75 Å². The van der Waals surface area contributed by atoms with Crippen molar-refractivity contribution in [3.63, 3.8) is 0 Å². The van der Waals surface area contributed by atoms with E-state index in [0.717, 1.165) is 0 Å². The predicted octanol–water partition coefficient (Wildman–Crippen LogP) is 0.510. The monoisotopic (exact) mass is 283 g/mol. The van der Waals surface area contributed by atoms with Crippen LogP contribution < -0.4 is 5.32 Å². The summed E-state index contributed by atoms with van der Waals surface area (Å²) in [4.78, 5) is 34.1. The third-order valence-corrected chi connectivity index (χ3v) is 2.53. The molecule has 1 atom stereocenters. The fourth-order valence-electron chi connectivity index (χ4n) is 1.29. The molecule has 1 rings (SSSR count). The second-order valence-corrected chi connectivity index (χ2v) is 4.03. The fourth-order valence-corrected chi connectivity index (χ4v) is 1.53. The summed E-state index contributed by atoms with van der Waals surface area (Å²) in [6.45, 7) is 1.23. The Morgan fingerprint density at radius 2 is 2.00 bits per heavy atom. The molecule has 1 unspecified atom stereocenters. The van der Waals surface area contributed by atoms with Gasteiger partial charge in [0, 0.05) is 12.7 Å². The van der Waals surface area contributed by atoms with Crippen LogP contribution in [-0.4, -0.2) is 34.7 Å². The molecule has 7 heteroatoms. The van der Waals surface area contributed by atoms with Gasteiger partial charge >= 0.3 is 11.9 Å². The minimum absolute atomic E-state index is 0.00748. The summed E-state index contributed by atoms with van der Waals surface area (Å²) in [5, 5.41) is 11.7. The van der Waals surface area contributed by atoms with Crippen LogP contribution in [0.1, 0.15) is 17.3 Å². The molecule has 0 aromatic heterocycles. The van der Waals surface area contributed by atoms with Gasteiger partial charge in [0.15, 0.2) is 0 Å². The number of phenolic OH excluding ortho intramolecular Hbond substituents is 1. The number of carbonyl (C=O) groups excluding carboxylic acids is 3.